The molecule has 1 aliphatic carbocycles. The number of carbonyl (C=O) groups excluding carboxylic acids is 3. The molecular weight excluding hydrogens is 430 g/mol. The zero-order valence-corrected chi connectivity index (χ0v) is 19.5. The first-order valence-corrected chi connectivity index (χ1v) is 12.2. The molecule has 7 heteroatoms. The summed E-state index contributed by atoms with van der Waals surface area (Å²) in [6.45, 7) is 0. The van der Waals surface area contributed by atoms with E-state index in [4.69, 9.17) is 5.21 Å². The zero-order valence-electron chi connectivity index (χ0n) is 19.5. The fraction of sp³-hybridized carbons (Fsp3) is 0.444. The lowest BCUT2D eigenvalue weighted by Crippen LogP contribution is -2.47. The number of rotatable bonds is 11. The zero-order chi connectivity index (χ0) is 24.2. The maximum Gasteiger partial charge on any atom is 0.246 e. The van der Waals surface area contributed by atoms with Crippen LogP contribution in [0.25, 0.3) is 0 Å². The smallest absolute Gasteiger partial charge is 0.246 e. The molecule has 1 aliphatic rings. The Kier molecular flexibility index (Phi) is 10.1. The molecule has 1 fully saturated rings. The van der Waals surface area contributed by atoms with Crippen LogP contribution in [0.2, 0.25) is 0 Å². The molecule has 2 aromatic carbocycles. The van der Waals surface area contributed by atoms with Crippen LogP contribution < -0.4 is 16.1 Å². The van der Waals surface area contributed by atoms with E-state index in [1.54, 1.807) is 5.48 Å². The van der Waals surface area contributed by atoms with E-state index in [-0.39, 0.29) is 18.2 Å². The van der Waals surface area contributed by atoms with Gasteiger partial charge in [-0.25, -0.2) is 5.48 Å². The Bertz CT molecular complexity index is 914. The molecule has 0 heterocycles. The number of hydrogen-bond donors (Lipinski definition) is 4. The molecular formula is C27H35N3O4. The van der Waals surface area contributed by atoms with Gasteiger partial charge in [0.25, 0.3) is 0 Å². The van der Waals surface area contributed by atoms with Crippen molar-refractivity contribution in [2.24, 2.45) is 11.8 Å². The summed E-state index contributed by atoms with van der Waals surface area (Å²) in [5, 5.41) is 14.9. The molecule has 34 heavy (non-hydrogen) atoms. The van der Waals surface area contributed by atoms with Crippen molar-refractivity contribution in [3.63, 3.8) is 0 Å². The summed E-state index contributed by atoms with van der Waals surface area (Å²) in [5.41, 5.74) is 3.36. The Balaban J connectivity index is 1.70. The van der Waals surface area contributed by atoms with Crippen molar-refractivity contribution in [2.45, 2.75) is 63.8 Å². The minimum absolute atomic E-state index is 0.147. The van der Waals surface area contributed by atoms with E-state index in [1.165, 1.54) is 6.42 Å². The molecule has 0 aromatic heterocycles. The first-order chi connectivity index (χ1) is 16.5. The average molecular weight is 466 g/mol. The second-order valence-electron chi connectivity index (χ2n) is 9.12. The number of hydroxylamine groups is 1. The summed E-state index contributed by atoms with van der Waals surface area (Å²) in [6, 6.07) is 18.2. The van der Waals surface area contributed by atoms with Crippen molar-refractivity contribution >= 4 is 23.4 Å². The first kappa shape index (κ1) is 25.4. The monoisotopic (exact) mass is 465 g/mol. The van der Waals surface area contributed by atoms with Gasteiger partial charge in [0.05, 0.1) is 0 Å². The van der Waals surface area contributed by atoms with Gasteiger partial charge in [-0.1, -0.05) is 80.6 Å². The van der Waals surface area contributed by atoms with Crippen molar-refractivity contribution in [2.75, 3.05) is 5.32 Å². The van der Waals surface area contributed by atoms with Gasteiger partial charge in [0, 0.05) is 18.0 Å². The molecule has 3 rings (SSSR count). The number of carbonyl (C=O) groups is 3. The van der Waals surface area contributed by atoms with Crippen LogP contribution in [0.1, 0.15) is 56.9 Å². The normalized spacial score (nSPS) is 15.7. The van der Waals surface area contributed by atoms with Crippen molar-refractivity contribution < 1.29 is 19.6 Å². The SMILES string of the molecule is O=C(CC(CCc1ccccc1)C(=O)NC(CC1CCCCC1)C(=O)Nc1ccccc1)NO. The van der Waals surface area contributed by atoms with Crippen LogP contribution >= 0.6 is 0 Å². The van der Waals surface area contributed by atoms with Crippen molar-refractivity contribution in [1.29, 1.82) is 0 Å². The Labute approximate surface area is 201 Å². The van der Waals surface area contributed by atoms with E-state index in [0.717, 1.165) is 31.2 Å². The van der Waals surface area contributed by atoms with Gasteiger partial charge < -0.3 is 10.6 Å². The Hall–Kier alpha value is -3.19. The summed E-state index contributed by atoms with van der Waals surface area (Å²) < 4.78 is 0. The van der Waals surface area contributed by atoms with Crippen LogP contribution in [-0.4, -0.2) is 29.0 Å². The molecule has 0 aliphatic heterocycles. The van der Waals surface area contributed by atoms with Crippen LogP contribution in [0.5, 0.6) is 0 Å². The molecule has 0 bridgehead atoms. The van der Waals surface area contributed by atoms with Gasteiger partial charge >= 0.3 is 0 Å². The van der Waals surface area contributed by atoms with Gasteiger partial charge in [0.1, 0.15) is 6.04 Å². The molecule has 0 spiro atoms. The lowest BCUT2D eigenvalue weighted by atomic mass is 9.84. The molecule has 2 atom stereocenters. The van der Waals surface area contributed by atoms with E-state index in [1.807, 2.05) is 60.7 Å². The average Bonchev–Trinajstić information content (AvgIpc) is 2.87. The van der Waals surface area contributed by atoms with Crippen molar-refractivity contribution in [1.82, 2.24) is 10.8 Å². The number of benzene rings is 2. The van der Waals surface area contributed by atoms with Gasteiger partial charge in [-0.2, -0.15) is 0 Å². The number of aryl methyl sites for hydroxylation is 1. The van der Waals surface area contributed by atoms with Gasteiger partial charge in [-0.15, -0.1) is 0 Å². The number of anilines is 1. The lowest BCUT2D eigenvalue weighted by Gasteiger charge is -2.28. The fourth-order valence-corrected chi connectivity index (χ4v) is 4.61. The summed E-state index contributed by atoms with van der Waals surface area (Å²) in [4.78, 5) is 38.3. The van der Waals surface area contributed by atoms with E-state index >= 15 is 0 Å². The fourth-order valence-electron chi connectivity index (χ4n) is 4.61. The minimum atomic E-state index is -0.688. The van der Waals surface area contributed by atoms with Crippen LogP contribution in [0.3, 0.4) is 0 Å². The molecule has 0 saturated heterocycles. The molecule has 2 unspecified atom stereocenters. The van der Waals surface area contributed by atoms with Crippen molar-refractivity contribution in [3.05, 3.63) is 66.2 Å². The largest absolute Gasteiger partial charge is 0.344 e. The molecule has 2 aromatic rings. The number of nitrogens with one attached hydrogen (secondary N) is 3. The Morgan fingerprint density at radius 2 is 1.53 bits per heavy atom. The third-order valence-corrected chi connectivity index (χ3v) is 6.52. The lowest BCUT2D eigenvalue weighted by molar-refractivity contribution is -0.136. The quantitative estimate of drug-likeness (QED) is 0.294. The van der Waals surface area contributed by atoms with Crippen LogP contribution in [0.15, 0.2) is 60.7 Å². The molecule has 3 amide bonds. The standard InChI is InChI=1S/C27H35N3O4/c31-25(30-34)19-22(17-16-20-10-4-1-5-11-20)26(32)29-24(18-21-12-6-2-7-13-21)27(33)28-23-14-8-3-9-15-23/h1,3-5,8-11,14-15,21-22,24,34H,2,6-7,12-13,16-19H2,(H,28,33)(H,29,32)(H,30,31). The first-order valence-electron chi connectivity index (χ1n) is 12.2. The maximum absolute atomic E-state index is 13.3. The van der Waals surface area contributed by atoms with Crippen LogP contribution in [0.4, 0.5) is 5.69 Å². The summed E-state index contributed by atoms with van der Waals surface area (Å²) in [7, 11) is 0. The van der Waals surface area contributed by atoms with E-state index in [9.17, 15) is 14.4 Å². The van der Waals surface area contributed by atoms with E-state index in [0.29, 0.717) is 30.9 Å². The highest BCUT2D eigenvalue weighted by atomic mass is 16.5. The van der Waals surface area contributed by atoms with Crippen molar-refractivity contribution in [3.8, 4) is 0 Å². The summed E-state index contributed by atoms with van der Waals surface area (Å²) in [5.74, 6) is -1.50. The highest BCUT2D eigenvalue weighted by Gasteiger charge is 2.29. The molecule has 0 radical (unpaired) electrons. The summed E-state index contributed by atoms with van der Waals surface area (Å²) in [6.07, 6.45) is 7.06. The third-order valence-electron chi connectivity index (χ3n) is 6.52. The van der Waals surface area contributed by atoms with Crippen LogP contribution in [0, 0.1) is 11.8 Å². The number of hydrogen-bond acceptors (Lipinski definition) is 4. The highest BCUT2D eigenvalue weighted by Crippen LogP contribution is 2.28. The molecule has 7 nitrogen and oxygen atoms in total. The van der Waals surface area contributed by atoms with Gasteiger partial charge in [0.2, 0.25) is 17.7 Å². The van der Waals surface area contributed by atoms with Gasteiger partial charge in [-0.3, -0.25) is 19.6 Å². The highest BCUT2D eigenvalue weighted by molar-refractivity contribution is 5.97. The van der Waals surface area contributed by atoms with E-state index < -0.39 is 17.9 Å². The Morgan fingerprint density at radius 1 is 0.882 bits per heavy atom. The molecule has 182 valence electrons. The van der Waals surface area contributed by atoms with E-state index in [2.05, 4.69) is 10.6 Å². The van der Waals surface area contributed by atoms with Gasteiger partial charge in [-0.05, 0) is 42.9 Å². The predicted molar refractivity (Wildman–Crippen MR) is 131 cm³/mol. The van der Waals surface area contributed by atoms with Gasteiger partial charge in [0.15, 0.2) is 0 Å². The summed E-state index contributed by atoms with van der Waals surface area (Å²) >= 11 is 0. The third kappa shape index (κ3) is 8.30. The topological polar surface area (TPSA) is 108 Å². The Morgan fingerprint density at radius 3 is 2.18 bits per heavy atom. The van der Waals surface area contributed by atoms with Crippen LogP contribution in [-0.2, 0) is 20.8 Å². The second-order valence-corrected chi connectivity index (χ2v) is 9.12. The second kappa shape index (κ2) is 13.5. The number of para-hydroxylation sites is 1. The molecule has 4 N–H and O–H groups in total. The maximum atomic E-state index is 13.3. The molecule has 1 saturated carbocycles. The number of amides is 3. The minimum Gasteiger partial charge on any atom is -0.344 e. The predicted octanol–water partition coefficient (Wildman–Crippen LogP) is 4.22.